The van der Waals surface area contributed by atoms with E-state index >= 15 is 0 Å². The van der Waals surface area contributed by atoms with E-state index in [1.54, 1.807) is 7.11 Å². The van der Waals surface area contributed by atoms with Gasteiger partial charge in [0.2, 0.25) is 0 Å². The molecular weight excluding hydrogens is 238 g/mol. The number of hydrogen-bond acceptors (Lipinski definition) is 3. The molecule has 0 radical (unpaired) electrons. The monoisotopic (exact) mass is 255 g/mol. The number of hydrogen-bond donors (Lipinski definition) is 1. The lowest BCUT2D eigenvalue weighted by Crippen LogP contribution is -2.12. The van der Waals surface area contributed by atoms with Crippen molar-refractivity contribution in [2.45, 2.75) is 13.1 Å². The molecular formula is C15H17N3O. The second-order valence-electron chi connectivity index (χ2n) is 4.37. The van der Waals surface area contributed by atoms with Gasteiger partial charge in [0.1, 0.15) is 17.5 Å². The zero-order chi connectivity index (χ0) is 13.7. The Bertz CT molecular complexity index is 596. The van der Waals surface area contributed by atoms with Gasteiger partial charge in [-0.05, 0) is 17.7 Å². The summed E-state index contributed by atoms with van der Waals surface area (Å²) in [5.41, 5.74) is 2.91. The Labute approximate surface area is 113 Å². The Balaban J connectivity index is 1.94. The first-order chi connectivity index (χ1) is 9.24. The highest BCUT2D eigenvalue weighted by molar-refractivity contribution is 5.33. The van der Waals surface area contributed by atoms with E-state index in [4.69, 9.17) is 10.00 Å². The molecule has 1 aromatic heterocycles. The molecule has 2 rings (SSSR count). The van der Waals surface area contributed by atoms with Crippen molar-refractivity contribution in [2.75, 3.05) is 7.11 Å². The van der Waals surface area contributed by atoms with Gasteiger partial charge in [-0.25, -0.2) is 0 Å². The van der Waals surface area contributed by atoms with Crippen molar-refractivity contribution >= 4 is 0 Å². The molecule has 1 N–H and O–H groups in total. The molecule has 2 aromatic rings. The number of nitriles is 1. The van der Waals surface area contributed by atoms with E-state index in [-0.39, 0.29) is 0 Å². The fourth-order valence-corrected chi connectivity index (χ4v) is 2.03. The smallest absolute Gasteiger partial charge is 0.123 e. The van der Waals surface area contributed by atoms with Gasteiger partial charge >= 0.3 is 0 Å². The van der Waals surface area contributed by atoms with Crippen molar-refractivity contribution < 1.29 is 4.74 Å². The van der Waals surface area contributed by atoms with E-state index in [0.717, 1.165) is 30.0 Å². The summed E-state index contributed by atoms with van der Waals surface area (Å²) in [6.45, 7) is 1.47. The third-order valence-corrected chi connectivity index (χ3v) is 3.01. The van der Waals surface area contributed by atoms with Gasteiger partial charge < -0.3 is 14.6 Å². The highest BCUT2D eigenvalue weighted by Gasteiger charge is 2.03. The lowest BCUT2D eigenvalue weighted by molar-refractivity contribution is 0.407. The molecule has 0 fully saturated rings. The van der Waals surface area contributed by atoms with E-state index in [9.17, 15) is 0 Å². The number of nitrogens with zero attached hydrogens (tertiary/aromatic N) is 2. The molecule has 0 aliphatic carbocycles. The first-order valence-electron chi connectivity index (χ1n) is 6.12. The number of para-hydroxylation sites is 1. The van der Waals surface area contributed by atoms with Crippen LogP contribution in [0.3, 0.4) is 0 Å². The van der Waals surface area contributed by atoms with Gasteiger partial charge in [0.05, 0.1) is 7.11 Å². The summed E-state index contributed by atoms with van der Waals surface area (Å²) >= 11 is 0. The van der Waals surface area contributed by atoms with Crippen LogP contribution < -0.4 is 10.1 Å². The quantitative estimate of drug-likeness (QED) is 0.891. The van der Waals surface area contributed by atoms with Crippen LogP contribution in [0.15, 0.2) is 36.5 Å². The molecule has 0 unspecified atom stereocenters. The molecule has 0 saturated carbocycles. The molecule has 0 bridgehead atoms. The SMILES string of the molecule is COc1ccccc1CNCc1cc(C#N)n(C)c1. The second-order valence-corrected chi connectivity index (χ2v) is 4.37. The van der Waals surface area contributed by atoms with Crippen LogP contribution in [0.2, 0.25) is 0 Å². The molecule has 0 aliphatic rings. The average molecular weight is 255 g/mol. The normalized spacial score (nSPS) is 10.2. The van der Waals surface area contributed by atoms with Crippen LogP contribution in [0.25, 0.3) is 0 Å². The third kappa shape index (κ3) is 3.15. The van der Waals surface area contributed by atoms with Crippen molar-refractivity contribution in [3.8, 4) is 11.8 Å². The van der Waals surface area contributed by atoms with Gasteiger partial charge in [0.25, 0.3) is 0 Å². The number of benzene rings is 1. The maximum absolute atomic E-state index is 8.90. The summed E-state index contributed by atoms with van der Waals surface area (Å²) in [6, 6.07) is 12.0. The van der Waals surface area contributed by atoms with E-state index in [0.29, 0.717) is 5.69 Å². The Hall–Kier alpha value is -2.25. The largest absolute Gasteiger partial charge is 0.496 e. The Kier molecular flexibility index (Phi) is 4.22. The molecule has 98 valence electrons. The van der Waals surface area contributed by atoms with E-state index < -0.39 is 0 Å². The zero-order valence-corrected chi connectivity index (χ0v) is 11.2. The van der Waals surface area contributed by atoms with Crippen LogP contribution in [-0.4, -0.2) is 11.7 Å². The molecule has 4 nitrogen and oxygen atoms in total. The van der Waals surface area contributed by atoms with Crippen molar-refractivity contribution in [2.24, 2.45) is 7.05 Å². The van der Waals surface area contributed by atoms with E-state index in [1.807, 2.05) is 48.1 Å². The maximum atomic E-state index is 8.90. The van der Waals surface area contributed by atoms with Crippen molar-refractivity contribution in [1.29, 1.82) is 5.26 Å². The van der Waals surface area contributed by atoms with Gasteiger partial charge in [-0.2, -0.15) is 5.26 Å². The van der Waals surface area contributed by atoms with Crippen LogP contribution in [0.5, 0.6) is 5.75 Å². The van der Waals surface area contributed by atoms with Crippen LogP contribution in [0, 0.1) is 11.3 Å². The minimum atomic E-state index is 0.675. The van der Waals surface area contributed by atoms with Gasteiger partial charge in [-0.3, -0.25) is 0 Å². The first kappa shape index (κ1) is 13.2. The number of aromatic nitrogens is 1. The minimum Gasteiger partial charge on any atom is -0.496 e. The van der Waals surface area contributed by atoms with E-state index in [1.165, 1.54) is 0 Å². The van der Waals surface area contributed by atoms with Crippen molar-refractivity contribution in [3.63, 3.8) is 0 Å². The fraction of sp³-hybridized carbons (Fsp3) is 0.267. The van der Waals surface area contributed by atoms with Gasteiger partial charge in [-0.1, -0.05) is 18.2 Å². The van der Waals surface area contributed by atoms with Crippen LogP contribution in [-0.2, 0) is 20.1 Å². The number of aryl methyl sites for hydroxylation is 1. The topological polar surface area (TPSA) is 50.0 Å². The molecule has 0 saturated heterocycles. The summed E-state index contributed by atoms with van der Waals surface area (Å²) < 4.78 is 7.13. The zero-order valence-electron chi connectivity index (χ0n) is 11.2. The molecule has 4 heteroatoms. The number of ether oxygens (including phenoxy) is 1. The predicted molar refractivity (Wildman–Crippen MR) is 73.7 cm³/mol. The summed E-state index contributed by atoms with van der Waals surface area (Å²) in [5, 5.41) is 12.3. The number of rotatable bonds is 5. The fourth-order valence-electron chi connectivity index (χ4n) is 2.03. The molecule has 0 atom stereocenters. The third-order valence-electron chi connectivity index (χ3n) is 3.01. The molecule has 19 heavy (non-hydrogen) atoms. The summed E-state index contributed by atoms with van der Waals surface area (Å²) in [7, 11) is 3.55. The Morgan fingerprint density at radius 2 is 2.11 bits per heavy atom. The van der Waals surface area contributed by atoms with Crippen LogP contribution >= 0.6 is 0 Å². The molecule has 0 spiro atoms. The van der Waals surface area contributed by atoms with Crippen molar-refractivity contribution in [3.05, 3.63) is 53.3 Å². The van der Waals surface area contributed by atoms with Gasteiger partial charge in [-0.15, -0.1) is 0 Å². The Morgan fingerprint density at radius 1 is 1.32 bits per heavy atom. The van der Waals surface area contributed by atoms with Crippen LogP contribution in [0.1, 0.15) is 16.8 Å². The minimum absolute atomic E-state index is 0.675. The summed E-state index contributed by atoms with van der Waals surface area (Å²) in [6.07, 6.45) is 1.97. The molecule has 0 amide bonds. The second kappa shape index (κ2) is 6.07. The summed E-state index contributed by atoms with van der Waals surface area (Å²) in [4.78, 5) is 0. The molecule has 1 aromatic carbocycles. The van der Waals surface area contributed by atoms with Crippen molar-refractivity contribution in [1.82, 2.24) is 9.88 Å². The first-order valence-corrected chi connectivity index (χ1v) is 6.12. The Morgan fingerprint density at radius 3 is 2.79 bits per heavy atom. The molecule has 0 aliphatic heterocycles. The lowest BCUT2D eigenvalue weighted by Gasteiger charge is -2.08. The van der Waals surface area contributed by atoms with Gasteiger partial charge in [0, 0.05) is 31.9 Å². The average Bonchev–Trinajstić information content (AvgIpc) is 2.79. The number of nitrogens with one attached hydrogen (secondary N) is 1. The van der Waals surface area contributed by atoms with Crippen LogP contribution in [0.4, 0.5) is 0 Å². The number of methoxy groups -OCH3 is 1. The summed E-state index contributed by atoms with van der Waals surface area (Å²) in [5.74, 6) is 0.890. The van der Waals surface area contributed by atoms with E-state index in [2.05, 4.69) is 11.4 Å². The maximum Gasteiger partial charge on any atom is 0.123 e. The van der Waals surface area contributed by atoms with Gasteiger partial charge in [0.15, 0.2) is 0 Å². The standard InChI is InChI=1S/C15H17N3O/c1-18-11-12(7-14(18)8-16)9-17-10-13-5-3-4-6-15(13)19-2/h3-7,11,17H,9-10H2,1-2H3. The predicted octanol–water partition coefficient (Wildman–Crippen LogP) is 2.20. The highest BCUT2D eigenvalue weighted by Crippen LogP contribution is 2.17. The molecule has 1 heterocycles. The highest BCUT2D eigenvalue weighted by atomic mass is 16.5. The lowest BCUT2D eigenvalue weighted by atomic mass is 10.2.